The van der Waals surface area contributed by atoms with Crippen LogP contribution in [0, 0.1) is 12.8 Å². The number of sulfonamides is 1. The van der Waals surface area contributed by atoms with Crippen molar-refractivity contribution >= 4 is 15.7 Å². The molecule has 0 saturated carbocycles. The van der Waals surface area contributed by atoms with Gasteiger partial charge in [-0.25, -0.2) is 13.1 Å². The van der Waals surface area contributed by atoms with Crippen LogP contribution in [0.2, 0.25) is 0 Å². The summed E-state index contributed by atoms with van der Waals surface area (Å²) in [5, 5.41) is 0. The van der Waals surface area contributed by atoms with Gasteiger partial charge in [-0.3, -0.25) is 0 Å². The molecule has 0 atom stereocenters. The average molecular weight is 311 g/mol. The third-order valence-corrected chi connectivity index (χ3v) is 5.70. The van der Waals surface area contributed by atoms with Crippen molar-refractivity contribution in [3.8, 4) is 0 Å². The molecule has 5 nitrogen and oxygen atoms in total. The highest BCUT2D eigenvalue weighted by molar-refractivity contribution is 7.89. The molecule has 21 heavy (non-hydrogen) atoms. The highest BCUT2D eigenvalue weighted by Gasteiger charge is 2.18. The molecule has 1 aromatic rings. The Kier molecular flexibility index (Phi) is 5.24. The molecule has 0 radical (unpaired) electrons. The molecule has 1 fully saturated rings. The normalized spacial score (nSPS) is 18.0. The maximum absolute atomic E-state index is 12.2. The summed E-state index contributed by atoms with van der Waals surface area (Å²) in [4.78, 5) is 2.56. The number of hydrogen-bond donors (Lipinski definition) is 2. The number of nitrogens with one attached hydrogen (secondary N) is 1. The summed E-state index contributed by atoms with van der Waals surface area (Å²) >= 11 is 0. The van der Waals surface area contributed by atoms with Gasteiger partial charge >= 0.3 is 0 Å². The maximum Gasteiger partial charge on any atom is 0.240 e. The summed E-state index contributed by atoms with van der Waals surface area (Å²) in [6, 6.07) is 4.86. The second-order valence-electron chi connectivity index (χ2n) is 5.95. The summed E-state index contributed by atoms with van der Waals surface area (Å²) in [5.74, 6) is 0.618. The van der Waals surface area contributed by atoms with Crippen molar-refractivity contribution in [2.24, 2.45) is 5.92 Å². The van der Waals surface area contributed by atoms with E-state index in [2.05, 4.69) is 16.7 Å². The van der Waals surface area contributed by atoms with Crippen molar-refractivity contribution < 1.29 is 8.42 Å². The molecule has 1 aliphatic heterocycles. The molecule has 1 aliphatic rings. The fraction of sp³-hybridized carbons (Fsp3) is 0.600. The van der Waals surface area contributed by atoms with Gasteiger partial charge in [-0.05, 0) is 69.9 Å². The van der Waals surface area contributed by atoms with Crippen molar-refractivity contribution in [1.29, 1.82) is 0 Å². The number of nitrogens with zero attached hydrogens (tertiary/aromatic N) is 1. The lowest BCUT2D eigenvalue weighted by atomic mass is 9.94. The maximum atomic E-state index is 12.2. The lowest BCUT2D eigenvalue weighted by molar-refractivity contribution is 0.213. The van der Waals surface area contributed by atoms with E-state index in [-0.39, 0.29) is 4.90 Å². The van der Waals surface area contributed by atoms with E-state index in [0.717, 1.165) is 37.9 Å². The van der Waals surface area contributed by atoms with Crippen molar-refractivity contribution in [3.63, 3.8) is 0 Å². The van der Waals surface area contributed by atoms with E-state index in [1.54, 1.807) is 12.1 Å². The monoisotopic (exact) mass is 311 g/mol. The molecule has 0 spiro atoms. The first-order chi connectivity index (χ1) is 9.88. The fourth-order valence-corrected chi connectivity index (χ4v) is 3.70. The molecule has 0 amide bonds. The van der Waals surface area contributed by atoms with Crippen LogP contribution in [0.15, 0.2) is 23.1 Å². The molecule has 1 aromatic carbocycles. The minimum absolute atomic E-state index is 0.244. The van der Waals surface area contributed by atoms with Gasteiger partial charge in [0.2, 0.25) is 10.0 Å². The van der Waals surface area contributed by atoms with Crippen LogP contribution in [-0.2, 0) is 10.0 Å². The molecule has 3 N–H and O–H groups in total. The predicted molar refractivity (Wildman–Crippen MR) is 85.6 cm³/mol. The molecule has 0 unspecified atom stereocenters. The molecule has 0 aliphatic carbocycles. The molecule has 6 heteroatoms. The third kappa shape index (κ3) is 4.43. The van der Waals surface area contributed by atoms with Crippen LogP contribution in [-0.4, -0.2) is 40.0 Å². The first-order valence-electron chi connectivity index (χ1n) is 7.43. The zero-order chi connectivity index (χ0) is 15.5. The molecule has 0 bridgehead atoms. The van der Waals surface area contributed by atoms with E-state index in [4.69, 9.17) is 5.73 Å². The zero-order valence-electron chi connectivity index (χ0n) is 12.8. The van der Waals surface area contributed by atoms with Crippen molar-refractivity contribution in [2.75, 3.05) is 32.4 Å². The minimum Gasteiger partial charge on any atom is -0.398 e. The number of nitrogen functional groups attached to an aromatic ring is 1. The summed E-state index contributed by atoms with van der Waals surface area (Å²) in [5.41, 5.74) is 7.18. The Bertz CT molecular complexity index is 579. The van der Waals surface area contributed by atoms with Crippen LogP contribution >= 0.6 is 0 Å². The average Bonchev–Trinajstić information content (AvgIpc) is 2.44. The molecule has 118 valence electrons. The molecule has 1 saturated heterocycles. The van der Waals surface area contributed by atoms with E-state index >= 15 is 0 Å². The van der Waals surface area contributed by atoms with Crippen LogP contribution in [0.3, 0.4) is 0 Å². The van der Waals surface area contributed by atoms with Gasteiger partial charge in [0, 0.05) is 12.2 Å². The molecular formula is C15H25N3O2S. The number of likely N-dealkylation sites (tertiary alicyclic amines) is 1. The number of piperidine rings is 1. The van der Waals surface area contributed by atoms with Gasteiger partial charge in [0.05, 0.1) is 4.90 Å². The molecular weight excluding hydrogens is 286 g/mol. The molecule has 1 heterocycles. The number of aryl methyl sites for hydroxylation is 1. The van der Waals surface area contributed by atoms with Gasteiger partial charge in [0.15, 0.2) is 0 Å². The van der Waals surface area contributed by atoms with Crippen molar-refractivity contribution in [1.82, 2.24) is 9.62 Å². The second kappa shape index (κ2) is 6.77. The SMILES string of the molecule is Cc1ccc(S(=O)(=O)NCCC2CCN(C)CC2)cc1N. The van der Waals surface area contributed by atoms with Gasteiger partial charge in [-0.1, -0.05) is 6.07 Å². The van der Waals surface area contributed by atoms with E-state index in [0.29, 0.717) is 18.2 Å². The fourth-order valence-electron chi connectivity index (χ4n) is 2.62. The number of rotatable bonds is 5. The Morgan fingerprint density at radius 1 is 1.33 bits per heavy atom. The number of nitrogens with two attached hydrogens (primary N) is 1. The standard InChI is InChI=1S/C15H25N3O2S/c1-12-3-4-14(11-15(12)16)21(19,20)17-8-5-13-6-9-18(2)10-7-13/h3-4,11,13,17H,5-10,16H2,1-2H3. The van der Waals surface area contributed by atoms with Crippen LogP contribution in [0.25, 0.3) is 0 Å². The quantitative estimate of drug-likeness (QED) is 0.810. The Morgan fingerprint density at radius 2 is 2.00 bits per heavy atom. The zero-order valence-corrected chi connectivity index (χ0v) is 13.6. The van der Waals surface area contributed by atoms with E-state index < -0.39 is 10.0 Å². The lowest BCUT2D eigenvalue weighted by Crippen LogP contribution is -2.32. The van der Waals surface area contributed by atoms with E-state index in [1.165, 1.54) is 6.07 Å². The van der Waals surface area contributed by atoms with E-state index in [1.807, 2.05) is 6.92 Å². The van der Waals surface area contributed by atoms with Gasteiger partial charge in [-0.2, -0.15) is 0 Å². The number of hydrogen-bond acceptors (Lipinski definition) is 4. The molecule has 2 rings (SSSR count). The first kappa shape index (κ1) is 16.3. The summed E-state index contributed by atoms with van der Waals surface area (Å²) in [7, 11) is -1.33. The predicted octanol–water partition coefficient (Wildman–Crippen LogP) is 1.59. The van der Waals surface area contributed by atoms with Crippen LogP contribution in [0.1, 0.15) is 24.8 Å². The van der Waals surface area contributed by atoms with Crippen LogP contribution in [0.4, 0.5) is 5.69 Å². The Morgan fingerprint density at radius 3 is 2.62 bits per heavy atom. The number of benzene rings is 1. The Labute approximate surface area is 127 Å². The van der Waals surface area contributed by atoms with E-state index in [9.17, 15) is 8.42 Å². The van der Waals surface area contributed by atoms with Gasteiger partial charge in [0.1, 0.15) is 0 Å². The summed E-state index contributed by atoms with van der Waals surface area (Å²) < 4.78 is 27.1. The smallest absolute Gasteiger partial charge is 0.240 e. The Balaban J connectivity index is 1.88. The summed E-state index contributed by atoms with van der Waals surface area (Å²) in [6.07, 6.45) is 3.19. The molecule has 0 aromatic heterocycles. The first-order valence-corrected chi connectivity index (χ1v) is 8.91. The Hall–Kier alpha value is -1.11. The minimum atomic E-state index is -3.45. The van der Waals surface area contributed by atoms with Gasteiger partial charge in [0.25, 0.3) is 0 Å². The van der Waals surface area contributed by atoms with Gasteiger partial charge < -0.3 is 10.6 Å². The highest BCUT2D eigenvalue weighted by Crippen LogP contribution is 2.20. The van der Waals surface area contributed by atoms with Crippen LogP contribution < -0.4 is 10.5 Å². The highest BCUT2D eigenvalue weighted by atomic mass is 32.2. The topological polar surface area (TPSA) is 75.4 Å². The second-order valence-corrected chi connectivity index (χ2v) is 7.72. The van der Waals surface area contributed by atoms with Gasteiger partial charge in [-0.15, -0.1) is 0 Å². The largest absolute Gasteiger partial charge is 0.398 e. The lowest BCUT2D eigenvalue weighted by Gasteiger charge is -2.28. The van der Waals surface area contributed by atoms with Crippen molar-refractivity contribution in [3.05, 3.63) is 23.8 Å². The van der Waals surface area contributed by atoms with Crippen molar-refractivity contribution in [2.45, 2.75) is 31.1 Å². The van der Waals surface area contributed by atoms with Crippen LogP contribution in [0.5, 0.6) is 0 Å². The summed E-state index contributed by atoms with van der Waals surface area (Å²) in [6.45, 7) is 4.56. The third-order valence-electron chi connectivity index (χ3n) is 4.24. The number of anilines is 1.